The van der Waals surface area contributed by atoms with Crippen LogP contribution in [0.25, 0.3) is 10.9 Å². The Bertz CT molecular complexity index is 1270. The number of nitrogens with two attached hydrogens (primary N) is 1. The molecule has 1 unspecified atom stereocenters. The van der Waals surface area contributed by atoms with E-state index in [1.54, 1.807) is 19.4 Å². The van der Waals surface area contributed by atoms with Crippen LogP contribution >= 0.6 is 0 Å². The molecular weight excluding hydrogens is 510 g/mol. The summed E-state index contributed by atoms with van der Waals surface area (Å²) >= 11 is 0. The van der Waals surface area contributed by atoms with Crippen LogP contribution in [-0.4, -0.2) is 59.5 Å². The summed E-state index contributed by atoms with van der Waals surface area (Å²) in [7, 11) is 1.56. The molecule has 1 aliphatic rings. The predicted molar refractivity (Wildman–Crippen MR) is 140 cm³/mol. The van der Waals surface area contributed by atoms with Gasteiger partial charge < -0.3 is 20.3 Å². The molecule has 0 saturated carbocycles. The maximum Gasteiger partial charge on any atom is 0.249 e. The second kappa shape index (κ2) is 12.6. The van der Waals surface area contributed by atoms with Crippen molar-refractivity contribution in [3.63, 3.8) is 0 Å². The Balaban J connectivity index is 1.41. The number of fused-ring (bicyclic) bond motifs is 1. The van der Waals surface area contributed by atoms with Crippen LogP contribution in [-0.2, 0) is 11.3 Å². The third-order valence-electron chi connectivity index (χ3n) is 7.56. The molecule has 9 nitrogen and oxygen atoms in total. The zero-order valence-electron chi connectivity index (χ0n) is 21.8. The number of ether oxygens (including phenoxy) is 2. The number of pyridine rings is 1. The number of nitrogens with zero attached hydrogens (tertiary/aromatic N) is 2. The predicted octanol–water partition coefficient (Wildman–Crippen LogP) is 3.46. The summed E-state index contributed by atoms with van der Waals surface area (Å²) in [5.74, 6) is -1.15. The summed E-state index contributed by atoms with van der Waals surface area (Å²) in [6.07, 6.45) is 2.26. The van der Waals surface area contributed by atoms with E-state index in [4.69, 9.17) is 15.2 Å². The number of aromatic nitrogens is 1. The van der Waals surface area contributed by atoms with Crippen molar-refractivity contribution in [2.45, 2.75) is 38.3 Å². The van der Waals surface area contributed by atoms with E-state index in [0.717, 1.165) is 23.6 Å². The van der Waals surface area contributed by atoms with Gasteiger partial charge in [-0.3, -0.25) is 19.9 Å². The Morgan fingerprint density at radius 2 is 1.90 bits per heavy atom. The van der Waals surface area contributed by atoms with Crippen molar-refractivity contribution >= 4 is 16.8 Å². The number of piperidine rings is 1. The van der Waals surface area contributed by atoms with Crippen molar-refractivity contribution in [3.05, 3.63) is 65.4 Å². The fraction of sp³-hybridized carbons (Fsp3) is 0.429. The van der Waals surface area contributed by atoms with Gasteiger partial charge in [0.2, 0.25) is 5.91 Å². The van der Waals surface area contributed by atoms with Crippen LogP contribution < -0.4 is 20.7 Å². The molecule has 11 heteroatoms. The first-order valence-electron chi connectivity index (χ1n) is 12.9. The topological polar surface area (TPSA) is 130 Å². The quantitative estimate of drug-likeness (QED) is 0.213. The van der Waals surface area contributed by atoms with E-state index in [-0.39, 0.29) is 25.3 Å². The van der Waals surface area contributed by atoms with Crippen molar-refractivity contribution in [1.82, 2.24) is 15.4 Å². The van der Waals surface area contributed by atoms with E-state index in [1.807, 2.05) is 17.6 Å². The first-order chi connectivity index (χ1) is 18.8. The number of aliphatic hydroxyl groups is 1. The van der Waals surface area contributed by atoms with Gasteiger partial charge >= 0.3 is 0 Å². The fourth-order valence-electron chi connectivity index (χ4n) is 5.29. The van der Waals surface area contributed by atoms with Gasteiger partial charge in [-0.1, -0.05) is 0 Å². The van der Waals surface area contributed by atoms with Crippen molar-refractivity contribution in [2.75, 3.05) is 33.4 Å². The van der Waals surface area contributed by atoms with E-state index in [2.05, 4.69) is 9.88 Å². The van der Waals surface area contributed by atoms with Gasteiger partial charge in [0.1, 0.15) is 29.7 Å². The number of hydrogen-bond donors (Lipinski definition) is 4. The Hall–Kier alpha value is -3.38. The van der Waals surface area contributed by atoms with Crippen LogP contribution in [0.5, 0.6) is 11.5 Å². The summed E-state index contributed by atoms with van der Waals surface area (Å²) in [6, 6.07) is 8.46. The lowest BCUT2D eigenvalue weighted by molar-refractivity contribution is -0.143. The number of likely N-dealkylation sites (tertiary alicyclic amines) is 1. The zero-order valence-corrected chi connectivity index (χ0v) is 21.8. The van der Waals surface area contributed by atoms with Crippen LogP contribution in [0.2, 0.25) is 0 Å². The Morgan fingerprint density at radius 1 is 1.18 bits per heavy atom. The number of hydrogen-bond acceptors (Lipinski definition) is 8. The number of aliphatic hydroxyl groups excluding tert-OH is 1. The highest BCUT2D eigenvalue weighted by molar-refractivity contribution is 5.85. The highest BCUT2D eigenvalue weighted by atomic mass is 19.1. The first kappa shape index (κ1) is 28.6. The van der Waals surface area contributed by atoms with Crippen molar-refractivity contribution in [2.24, 2.45) is 11.1 Å². The molecule has 1 aromatic heterocycles. The molecule has 39 heavy (non-hydrogen) atoms. The van der Waals surface area contributed by atoms with Gasteiger partial charge in [0.15, 0.2) is 0 Å². The molecule has 0 spiro atoms. The molecule has 1 atom stereocenters. The number of nitrogens with one attached hydrogen (secondary N) is 1. The van der Waals surface area contributed by atoms with E-state index in [1.165, 1.54) is 0 Å². The average Bonchev–Trinajstić information content (AvgIpc) is 2.94. The van der Waals surface area contributed by atoms with Crippen LogP contribution in [0.4, 0.5) is 8.78 Å². The molecule has 0 aliphatic carbocycles. The lowest BCUT2D eigenvalue weighted by Gasteiger charge is -2.40. The van der Waals surface area contributed by atoms with Crippen molar-refractivity contribution < 1.29 is 33.4 Å². The van der Waals surface area contributed by atoms with Crippen LogP contribution in [0.15, 0.2) is 42.6 Å². The summed E-state index contributed by atoms with van der Waals surface area (Å²) < 4.78 is 37.6. The summed E-state index contributed by atoms with van der Waals surface area (Å²) in [4.78, 5) is 19.3. The van der Waals surface area contributed by atoms with E-state index in [9.17, 15) is 23.9 Å². The number of hydroxylamine groups is 1. The molecule has 5 N–H and O–H groups in total. The van der Waals surface area contributed by atoms with E-state index < -0.39 is 29.1 Å². The first-order valence-corrected chi connectivity index (χ1v) is 12.9. The highest BCUT2D eigenvalue weighted by Crippen LogP contribution is 2.40. The van der Waals surface area contributed by atoms with Crippen LogP contribution in [0.3, 0.4) is 0 Å². The van der Waals surface area contributed by atoms with Crippen LogP contribution in [0.1, 0.15) is 42.9 Å². The molecule has 1 amide bonds. The minimum absolute atomic E-state index is 0.116. The molecular formula is C28H34F2N4O5. The van der Waals surface area contributed by atoms with Gasteiger partial charge in [-0.15, -0.1) is 0 Å². The van der Waals surface area contributed by atoms with Gasteiger partial charge in [-0.05, 0) is 68.1 Å². The number of carbonyl (C=O) groups is 1. The van der Waals surface area contributed by atoms with Crippen molar-refractivity contribution in [3.8, 4) is 11.5 Å². The van der Waals surface area contributed by atoms with Gasteiger partial charge in [-0.25, -0.2) is 14.3 Å². The van der Waals surface area contributed by atoms with Gasteiger partial charge in [0.05, 0.1) is 24.1 Å². The standard InChI is InChI=1S/C28H34F2N4O5/c1-38-21-2-3-24-23(15-21)26(18(16-31)17-32-24)25(35)4-5-28(27(36)33-37)6-8-34(9-7-28)10-11-39-22-13-19(29)12-20(30)14-22/h2-3,12-15,17,25,35,37H,4-11,16,31H2,1H3,(H,33,36). The summed E-state index contributed by atoms with van der Waals surface area (Å²) in [5, 5.41) is 21.5. The third kappa shape index (κ3) is 6.62. The largest absolute Gasteiger partial charge is 0.497 e. The lowest BCUT2D eigenvalue weighted by Crippen LogP contribution is -2.49. The molecule has 3 aromatic rings. The minimum atomic E-state index is -0.914. The molecule has 1 fully saturated rings. The fourth-order valence-corrected chi connectivity index (χ4v) is 5.29. The van der Waals surface area contributed by atoms with Crippen LogP contribution in [0, 0.1) is 17.0 Å². The number of benzene rings is 2. The minimum Gasteiger partial charge on any atom is -0.497 e. The average molecular weight is 545 g/mol. The van der Waals surface area contributed by atoms with E-state index >= 15 is 0 Å². The molecule has 2 heterocycles. The second-order valence-corrected chi connectivity index (χ2v) is 9.86. The number of carbonyl (C=O) groups excluding carboxylic acids is 1. The van der Waals surface area contributed by atoms with Gasteiger partial charge in [-0.2, -0.15) is 0 Å². The second-order valence-electron chi connectivity index (χ2n) is 9.86. The molecule has 0 bridgehead atoms. The van der Waals surface area contributed by atoms with E-state index in [0.29, 0.717) is 61.3 Å². The monoisotopic (exact) mass is 544 g/mol. The number of methoxy groups -OCH3 is 1. The van der Waals surface area contributed by atoms with Gasteiger partial charge in [0.25, 0.3) is 0 Å². The molecule has 1 aliphatic heterocycles. The molecule has 210 valence electrons. The molecule has 1 saturated heterocycles. The Labute approximate surface area is 225 Å². The highest BCUT2D eigenvalue weighted by Gasteiger charge is 2.41. The van der Waals surface area contributed by atoms with Crippen molar-refractivity contribution in [1.29, 1.82) is 0 Å². The smallest absolute Gasteiger partial charge is 0.249 e. The summed E-state index contributed by atoms with van der Waals surface area (Å²) in [5.41, 5.74) is 8.96. The zero-order chi connectivity index (χ0) is 28.0. The lowest BCUT2D eigenvalue weighted by atomic mass is 9.73. The SMILES string of the molecule is COc1ccc2ncc(CN)c(C(O)CCC3(C(=O)NO)CCN(CCOc4cc(F)cc(F)c4)CC3)c2c1. The Kier molecular flexibility index (Phi) is 9.28. The molecule has 0 radical (unpaired) electrons. The maximum atomic E-state index is 13.4. The summed E-state index contributed by atoms with van der Waals surface area (Å²) in [6.45, 7) is 2.01. The number of rotatable bonds is 11. The maximum absolute atomic E-state index is 13.4. The normalized spacial score (nSPS) is 16.2. The third-order valence-corrected chi connectivity index (χ3v) is 7.56. The number of halogens is 2. The number of amides is 1. The molecule has 4 rings (SSSR count). The molecule has 2 aromatic carbocycles. The van der Waals surface area contributed by atoms with Gasteiger partial charge in [0, 0.05) is 42.9 Å². The Morgan fingerprint density at radius 3 is 2.54 bits per heavy atom.